The third-order valence-corrected chi connectivity index (χ3v) is 7.84. The van der Waals surface area contributed by atoms with Crippen molar-refractivity contribution in [1.82, 2.24) is 14.8 Å². The molecule has 2 aromatic heterocycles. The van der Waals surface area contributed by atoms with Crippen molar-refractivity contribution in [2.45, 2.75) is 62.0 Å². The molecule has 0 bridgehead atoms. The van der Waals surface area contributed by atoms with E-state index in [2.05, 4.69) is 31.5 Å². The Morgan fingerprint density at radius 3 is 2.75 bits per heavy atom. The van der Waals surface area contributed by atoms with Crippen LogP contribution in [0.1, 0.15) is 50.4 Å². The monoisotopic (exact) mass is 467 g/mol. The minimum atomic E-state index is -0.991. The molecule has 2 amide bonds. The molecule has 1 atom stereocenters. The molecule has 1 aromatic carbocycles. The molecule has 0 radical (unpaired) electrons. The number of rotatable bonds is 6. The molecule has 1 aliphatic heterocycles. The number of fused-ring (bicyclic) bond motifs is 1. The molecule has 3 heterocycles. The van der Waals surface area contributed by atoms with Gasteiger partial charge in [-0.2, -0.15) is 0 Å². The van der Waals surface area contributed by atoms with E-state index in [4.69, 9.17) is 0 Å². The molecule has 1 unspecified atom stereocenters. The van der Waals surface area contributed by atoms with Gasteiger partial charge in [0.25, 0.3) is 0 Å². The second-order valence-electron chi connectivity index (χ2n) is 8.72. The largest absolute Gasteiger partial charge is 0.322 e. The normalized spacial score (nSPS) is 18.2. The molecule has 1 fully saturated rings. The van der Waals surface area contributed by atoms with Gasteiger partial charge in [0.2, 0.25) is 11.8 Å². The van der Waals surface area contributed by atoms with E-state index in [-0.39, 0.29) is 11.8 Å². The van der Waals surface area contributed by atoms with Gasteiger partial charge in [0.15, 0.2) is 5.16 Å². The van der Waals surface area contributed by atoms with Crippen molar-refractivity contribution < 1.29 is 9.59 Å². The van der Waals surface area contributed by atoms with E-state index in [1.54, 1.807) is 30.1 Å². The molecule has 0 spiro atoms. The molecule has 1 N–H and O–H groups in total. The first kappa shape index (κ1) is 21.2. The van der Waals surface area contributed by atoms with Crippen LogP contribution in [0.25, 0.3) is 0 Å². The predicted octanol–water partition coefficient (Wildman–Crippen LogP) is 4.51. The van der Waals surface area contributed by atoms with Crippen LogP contribution in [-0.2, 0) is 16.0 Å². The topological polar surface area (TPSA) is 80.1 Å². The average Bonchev–Trinajstić information content (AvgIpc) is 3.32. The number of nitrogens with one attached hydrogen (secondary N) is 1. The number of carbonyl (C=O) groups excluding carboxylic acids is 2. The van der Waals surface area contributed by atoms with Crippen LogP contribution >= 0.6 is 23.1 Å². The number of benzene rings is 1. The van der Waals surface area contributed by atoms with Crippen LogP contribution in [-0.4, -0.2) is 37.4 Å². The van der Waals surface area contributed by atoms with E-state index in [0.717, 1.165) is 35.9 Å². The van der Waals surface area contributed by atoms with Gasteiger partial charge in [-0.3, -0.25) is 14.5 Å². The highest BCUT2D eigenvalue weighted by atomic mass is 32.2. The van der Waals surface area contributed by atoms with Crippen LogP contribution in [0.15, 0.2) is 46.9 Å². The standard InChI is InChI=1S/C23H25N5O2S2/c1-14(20(29)28-18-9-5-4-8-17(18)24-21(30)23(28,2)3)32-22-26-25-19(27(22)15-10-11-15)13-16-7-6-12-31-16/h4-9,12,14-15H,10-11,13H2,1-3H3,(H,24,30). The lowest BCUT2D eigenvalue weighted by atomic mass is 9.96. The first-order valence-electron chi connectivity index (χ1n) is 10.7. The summed E-state index contributed by atoms with van der Waals surface area (Å²) in [7, 11) is 0. The summed E-state index contributed by atoms with van der Waals surface area (Å²) in [6.45, 7) is 5.43. The number of hydrogen-bond donors (Lipinski definition) is 1. The van der Waals surface area contributed by atoms with Crippen molar-refractivity contribution in [2.24, 2.45) is 0 Å². The average molecular weight is 468 g/mol. The minimum Gasteiger partial charge on any atom is -0.322 e. The first-order chi connectivity index (χ1) is 15.4. The third-order valence-electron chi connectivity index (χ3n) is 5.92. The Labute approximate surface area is 195 Å². The van der Waals surface area contributed by atoms with Gasteiger partial charge in [-0.1, -0.05) is 30.0 Å². The van der Waals surface area contributed by atoms with Gasteiger partial charge in [0, 0.05) is 17.3 Å². The number of thioether (sulfide) groups is 1. The van der Waals surface area contributed by atoms with Crippen molar-refractivity contribution in [2.75, 3.05) is 10.2 Å². The number of anilines is 2. The number of thiophene rings is 1. The third kappa shape index (κ3) is 3.73. The summed E-state index contributed by atoms with van der Waals surface area (Å²) in [6, 6.07) is 12.0. The zero-order chi connectivity index (χ0) is 22.5. The molecule has 3 aromatic rings. The Bertz CT molecular complexity index is 1170. The molecule has 0 saturated heterocycles. The summed E-state index contributed by atoms with van der Waals surface area (Å²) in [5, 5.41) is 14.2. The fourth-order valence-electron chi connectivity index (χ4n) is 4.01. The maximum Gasteiger partial charge on any atom is 0.250 e. The molecule has 9 heteroatoms. The molecule has 32 heavy (non-hydrogen) atoms. The molecular weight excluding hydrogens is 442 g/mol. The van der Waals surface area contributed by atoms with Gasteiger partial charge in [-0.05, 0) is 57.2 Å². The second-order valence-corrected chi connectivity index (χ2v) is 11.1. The van der Waals surface area contributed by atoms with E-state index in [9.17, 15) is 9.59 Å². The van der Waals surface area contributed by atoms with E-state index in [1.165, 1.54) is 16.6 Å². The molecule has 1 saturated carbocycles. The Kier molecular flexibility index (Phi) is 5.33. The summed E-state index contributed by atoms with van der Waals surface area (Å²) in [4.78, 5) is 29.3. The molecule has 2 aliphatic rings. The maximum absolute atomic E-state index is 13.7. The number of nitrogens with zero attached hydrogens (tertiary/aromatic N) is 4. The fraction of sp³-hybridized carbons (Fsp3) is 0.391. The van der Waals surface area contributed by atoms with Crippen LogP contribution in [0.2, 0.25) is 0 Å². The lowest BCUT2D eigenvalue weighted by molar-refractivity contribution is -0.126. The summed E-state index contributed by atoms with van der Waals surface area (Å²) in [5.41, 5.74) is 0.382. The number of carbonyl (C=O) groups is 2. The number of amides is 2. The Morgan fingerprint density at radius 1 is 1.25 bits per heavy atom. The summed E-state index contributed by atoms with van der Waals surface area (Å²) >= 11 is 3.13. The van der Waals surface area contributed by atoms with Crippen LogP contribution in [0.4, 0.5) is 11.4 Å². The Hall–Kier alpha value is -2.65. The predicted molar refractivity (Wildman–Crippen MR) is 127 cm³/mol. The summed E-state index contributed by atoms with van der Waals surface area (Å²) < 4.78 is 2.20. The van der Waals surface area contributed by atoms with Crippen LogP contribution in [0.3, 0.4) is 0 Å². The Balaban J connectivity index is 1.42. The molecule has 166 valence electrons. The van der Waals surface area contributed by atoms with Gasteiger partial charge >= 0.3 is 0 Å². The van der Waals surface area contributed by atoms with Crippen molar-refractivity contribution in [1.29, 1.82) is 0 Å². The highest BCUT2D eigenvalue weighted by molar-refractivity contribution is 8.00. The van der Waals surface area contributed by atoms with Crippen molar-refractivity contribution in [3.63, 3.8) is 0 Å². The lowest BCUT2D eigenvalue weighted by Crippen LogP contribution is -2.60. The number of para-hydroxylation sites is 2. The fourth-order valence-corrected chi connectivity index (χ4v) is 5.69. The summed E-state index contributed by atoms with van der Waals surface area (Å²) in [6.07, 6.45) is 2.97. The van der Waals surface area contributed by atoms with E-state index in [1.807, 2.05) is 37.3 Å². The SMILES string of the molecule is CC(Sc1nnc(Cc2cccs2)n1C1CC1)C(=O)N1c2ccccc2NC(=O)C1(C)C. The van der Waals surface area contributed by atoms with Crippen LogP contribution < -0.4 is 10.2 Å². The number of hydrogen-bond acceptors (Lipinski definition) is 6. The van der Waals surface area contributed by atoms with Crippen LogP contribution in [0.5, 0.6) is 0 Å². The lowest BCUT2D eigenvalue weighted by Gasteiger charge is -2.43. The van der Waals surface area contributed by atoms with Gasteiger partial charge in [0.1, 0.15) is 11.4 Å². The van der Waals surface area contributed by atoms with Crippen molar-refractivity contribution in [3.8, 4) is 0 Å². The van der Waals surface area contributed by atoms with E-state index < -0.39 is 10.8 Å². The van der Waals surface area contributed by atoms with Crippen molar-refractivity contribution in [3.05, 3.63) is 52.5 Å². The maximum atomic E-state index is 13.7. The smallest absolute Gasteiger partial charge is 0.250 e. The van der Waals surface area contributed by atoms with Gasteiger partial charge < -0.3 is 9.88 Å². The first-order valence-corrected chi connectivity index (χ1v) is 12.5. The second kappa shape index (κ2) is 8.04. The van der Waals surface area contributed by atoms with Crippen molar-refractivity contribution >= 4 is 46.3 Å². The van der Waals surface area contributed by atoms with Gasteiger partial charge in [-0.25, -0.2) is 0 Å². The van der Waals surface area contributed by atoms with Crippen LogP contribution in [0, 0.1) is 0 Å². The molecule has 7 nitrogen and oxygen atoms in total. The zero-order valence-corrected chi connectivity index (χ0v) is 19.9. The van der Waals surface area contributed by atoms with E-state index in [0.29, 0.717) is 11.7 Å². The summed E-state index contributed by atoms with van der Waals surface area (Å²) in [5.74, 6) is 0.633. The molecule has 1 aliphatic carbocycles. The Morgan fingerprint density at radius 2 is 2.03 bits per heavy atom. The number of aromatic nitrogens is 3. The highest BCUT2D eigenvalue weighted by Gasteiger charge is 2.45. The highest BCUT2D eigenvalue weighted by Crippen LogP contribution is 2.42. The zero-order valence-electron chi connectivity index (χ0n) is 18.2. The quantitative estimate of drug-likeness (QED) is 0.540. The van der Waals surface area contributed by atoms with Gasteiger partial charge in [-0.15, -0.1) is 21.5 Å². The van der Waals surface area contributed by atoms with Gasteiger partial charge in [0.05, 0.1) is 16.6 Å². The molecular formula is C23H25N5O2S2. The minimum absolute atomic E-state index is 0.118. The van der Waals surface area contributed by atoms with E-state index >= 15 is 0 Å². The molecule has 5 rings (SSSR count).